The van der Waals surface area contributed by atoms with Crippen molar-refractivity contribution in [3.05, 3.63) is 170 Å². The van der Waals surface area contributed by atoms with Gasteiger partial charge in [0.25, 0.3) is 0 Å². The third kappa shape index (κ3) is 4.08. The van der Waals surface area contributed by atoms with Crippen molar-refractivity contribution in [1.29, 1.82) is 0 Å². The van der Waals surface area contributed by atoms with Crippen molar-refractivity contribution in [2.24, 2.45) is 0 Å². The molecule has 0 heteroatoms. The average Bonchev–Trinajstić information content (AvgIpc) is 3.07. The van der Waals surface area contributed by atoms with E-state index in [1.807, 2.05) is 0 Å². The molecule has 0 fully saturated rings. The second-order valence-electron chi connectivity index (χ2n) is 10.9. The summed E-state index contributed by atoms with van der Waals surface area (Å²) in [5.41, 5.74) is 9.99. The van der Waals surface area contributed by atoms with E-state index in [0.29, 0.717) is 0 Å². The maximum atomic E-state index is 2.34. The van der Waals surface area contributed by atoms with Crippen molar-refractivity contribution >= 4 is 32.3 Å². The standard InChI is InChI=1S/C42H28/c1-2-13-29(14-3-1)32-17-12-18-33(27-32)35-19-6-7-20-36(35)42-39-23-10-8-21-37(39)41(38-22-9-11-24-40(38)42)34-26-25-30-15-4-5-16-31(30)28-34/h1-28H. The van der Waals surface area contributed by atoms with Crippen LogP contribution in [0.2, 0.25) is 0 Å². The van der Waals surface area contributed by atoms with Crippen molar-refractivity contribution in [3.8, 4) is 44.5 Å². The fraction of sp³-hybridized carbons (Fsp3) is 0. The van der Waals surface area contributed by atoms with Crippen molar-refractivity contribution in [2.45, 2.75) is 0 Å². The quantitative estimate of drug-likeness (QED) is 0.198. The molecule has 0 unspecified atom stereocenters. The Kier molecular flexibility index (Phi) is 5.90. The number of rotatable bonds is 4. The molecule has 0 aliphatic carbocycles. The third-order valence-electron chi connectivity index (χ3n) is 8.45. The van der Waals surface area contributed by atoms with Crippen LogP contribution in [0.3, 0.4) is 0 Å². The summed E-state index contributed by atoms with van der Waals surface area (Å²) < 4.78 is 0. The molecule has 42 heavy (non-hydrogen) atoms. The Hall–Kier alpha value is -5.46. The molecule has 0 aliphatic rings. The van der Waals surface area contributed by atoms with Crippen LogP contribution in [-0.4, -0.2) is 0 Å². The Labute approximate surface area is 246 Å². The number of fused-ring (bicyclic) bond motifs is 3. The third-order valence-corrected chi connectivity index (χ3v) is 8.45. The average molecular weight is 533 g/mol. The summed E-state index contributed by atoms with van der Waals surface area (Å²) in [5, 5.41) is 7.61. The van der Waals surface area contributed by atoms with Gasteiger partial charge in [0.05, 0.1) is 0 Å². The first-order chi connectivity index (χ1) is 20.8. The predicted octanol–water partition coefficient (Wildman–Crippen LogP) is 11.8. The van der Waals surface area contributed by atoms with Gasteiger partial charge in [-0.15, -0.1) is 0 Å². The van der Waals surface area contributed by atoms with Gasteiger partial charge in [0.15, 0.2) is 0 Å². The molecule has 0 spiro atoms. The number of hydrogen-bond donors (Lipinski definition) is 0. The lowest BCUT2D eigenvalue weighted by atomic mass is 9.83. The largest absolute Gasteiger partial charge is 0.0622 e. The van der Waals surface area contributed by atoms with Gasteiger partial charge in [-0.2, -0.15) is 0 Å². The molecule has 0 saturated heterocycles. The highest BCUT2D eigenvalue weighted by Gasteiger charge is 2.19. The predicted molar refractivity (Wildman–Crippen MR) is 181 cm³/mol. The Morgan fingerprint density at radius 3 is 1.48 bits per heavy atom. The molecule has 8 aromatic carbocycles. The van der Waals surface area contributed by atoms with E-state index in [2.05, 4.69) is 170 Å². The van der Waals surface area contributed by atoms with Gasteiger partial charge >= 0.3 is 0 Å². The zero-order chi connectivity index (χ0) is 27.9. The number of benzene rings is 8. The van der Waals surface area contributed by atoms with Crippen molar-refractivity contribution in [1.82, 2.24) is 0 Å². The van der Waals surface area contributed by atoms with E-state index in [-0.39, 0.29) is 0 Å². The van der Waals surface area contributed by atoms with Crippen molar-refractivity contribution in [3.63, 3.8) is 0 Å². The molecule has 0 aromatic heterocycles. The van der Waals surface area contributed by atoms with Crippen LogP contribution in [-0.2, 0) is 0 Å². The van der Waals surface area contributed by atoms with Crippen LogP contribution < -0.4 is 0 Å². The van der Waals surface area contributed by atoms with E-state index in [0.717, 1.165) is 0 Å². The number of hydrogen-bond acceptors (Lipinski definition) is 0. The first-order valence-electron chi connectivity index (χ1n) is 14.5. The summed E-state index contributed by atoms with van der Waals surface area (Å²) in [7, 11) is 0. The van der Waals surface area contributed by atoms with Gasteiger partial charge < -0.3 is 0 Å². The summed E-state index contributed by atoms with van der Waals surface area (Å²) in [4.78, 5) is 0. The minimum absolute atomic E-state index is 1.22. The van der Waals surface area contributed by atoms with Gasteiger partial charge in [0, 0.05) is 0 Å². The summed E-state index contributed by atoms with van der Waals surface area (Å²) >= 11 is 0. The molecule has 0 atom stereocenters. The maximum absolute atomic E-state index is 2.34. The van der Waals surface area contributed by atoms with Gasteiger partial charge in [0.1, 0.15) is 0 Å². The summed E-state index contributed by atoms with van der Waals surface area (Å²) in [6.45, 7) is 0. The SMILES string of the molecule is c1ccc(-c2cccc(-c3ccccc3-c3c4ccccc4c(-c4ccc5ccccc5c4)c4ccccc34)c2)cc1. The van der Waals surface area contributed by atoms with E-state index in [4.69, 9.17) is 0 Å². The Morgan fingerprint density at radius 1 is 0.238 bits per heavy atom. The second-order valence-corrected chi connectivity index (χ2v) is 10.9. The summed E-state index contributed by atoms with van der Waals surface area (Å²) in [6.07, 6.45) is 0. The van der Waals surface area contributed by atoms with E-state index in [1.165, 1.54) is 76.8 Å². The van der Waals surface area contributed by atoms with Gasteiger partial charge in [-0.3, -0.25) is 0 Å². The first kappa shape index (κ1) is 24.3. The smallest absolute Gasteiger partial charge is 0.00201 e. The molecule has 0 aliphatic heterocycles. The second kappa shape index (κ2) is 10.2. The van der Waals surface area contributed by atoms with Crippen LogP contribution in [0.15, 0.2) is 170 Å². The fourth-order valence-corrected chi connectivity index (χ4v) is 6.52. The molecule has 0 nitrogen and oxygen atoms in total. The molecule has 8 rings (SSSR count). The zero-order valence-corrected chi connectivity index (χ0v) is 23.2. The maximum Gasteiger partial charge on any atom is -0.00201 e. The molecule has 0 heterocycles. The van der Waals surface area contributed by atoms with Gasteiger partial charge in [0.2, 0.25) is 0 Å². The van der Waals surface area contributed by atoms with Gasteiger partial charge in [-0.05, 0) is 89.0 Å². The van der Waals surface area contributed by atoms with Gasteiger partial charge in [-0.25, -0.2) is 0 Å². The zero-order valence-electron chi connectivity index (χ0n) is 23.2. The molecule has 0 N–H and O–H groups in total. The monoisotopic (exact) mass is 532 g/mol. The lowest BCUT2D eigenvalue weighted by molar-refractivity contribution is 1.58. The molecule has 0 saturated carbocycles. The lowest BCUT2D eigenvalue weighted by Crippen LogP contribution is -1.93. The molecule has 0 radical (unpaired) electrons. The summed E-state index contributed by atoms with van der Waals surface area (Å²) in [6, 6.07) is 61.7. The van der Waals surface area contributed by atoms with E-state index in [9.17, 15) is 0 Å². The minimum atomic E-state index is 1.22. The highest BCUT2D eigenvalue weighted by Crippen LogP contribution is 2.46. The topological polar surface area (TPSA) is 0 Å². The van der Waals surface area contributed by atoms with Gasteiger partial charge in [-0.1, -0.05) is 158 Å². The van der Waals surface area contributed by atoms with Crippen LogP contribution in [0.25, 0.3) is 76.8 Å². The highest BCUT2D eigenvalue weighted by atomic mass is 14.2. The van der Waals surface area contributed by atoms with Crippen LogP contribution in [0.4, 0.5) is 0 Å². The normalized spacial score (nSPS) is 11.3. The van der Waals surface area contributed by atoms with Crippen LogP contribution in [0, 0.1) is 0 Å². The molecule has 0 bridgehead atoms. The van der Waals surface area contributed by atoms with Crippen LogP contribution >= 0.6 is 0 Å². The molecule has 196 valence electrons. The molecule has 0 amide bonds. The van der Waals surface area contributed by atoms with Crippen molar-refractivity contribution < 1.29 is 0 Å². The first-order valence-corrected chi connectivity index (χ1v) is 14.5. The van der Waals surface area contributed by atoms with E-state index < -0.39 is 0 Å². The highest BCUT2D eigenvalue weighted by molar-refractivity contribution is 6.22. The molecular formula is C42H28. The molecule has 8 aromatic rings. The lowest BCUT2D eigenvalue weighted by Gasteiger charge is -2.20. The van der Waals surface area contributed by atoms with Crippen LogP contribution in [0.5, 0.6) is 0 Å². The van der Waals surface area contributed by atoms with Crippen molar-refractivity contribution in [2.75, 3.05) is 0 Å². The van der Waals surface area contributed by atoms with E-state index >= 15 is 0 Å². The van der Waals surface area contributed by atoms with E-state index in [1.54, 1.807) is 0 Å². The summed E-state index contributed by atoms with van der Waals surface area (Å²) in [5.74, 6) is 0. The Morgan fingerprint density at radius 2 is 0.762 bits per heavy atom. The fourth-order valence-electron chi connectivity index (χ4n) is 6.52. The van der Waals surface area contributed by atoms with Crippen LogP contribution in [0.1, 0.15) is 0 Å². The Bertz CT molecular complexity index is 2180. The molecular weight excluding hydrogens is 504 g/mol. The Balaban J connectivity index is 1.41. The minimum Gasteiger partial charge on any atom is -0.0622 e.